The van der Waals surface area contributed by atoms with E-state index < -0.39 is 0 Å². The molecule has 0 unspecified atom stereocenters. The van der Waals surface area contributed by atoms with Crippen LogP contribution in [0.3, 0.4) is 0 Å². The highest BCUT2D eigenvalue weighted by atomic mass is 16.3. The summed E-state index contributed by atoms with van der Waals surface area (Å²) < 4.78 is 13.8. The van der Waals surface area contributed by atoms with Crippen molar-refractivity contribution in [2.45, 2.75) is 0 Å². The van der Waals surface area contributed by atoms with Gasteiger partial charge in [-0.15, -0.1) is 0 Å². The van der Waals surface area contributed by atoms with Crippen molar-refractivity contribution in [3.63, 3.8) is 0 Å². The average Bonchev–Trinajstić information content (AvgIpc) is 4.06. The van der Waals surface area contributed by atoms with Crippen LogP contribution in [0, 0.1) is 0 Å². The van der Waals surface area contributed by atoms with Crippen LogP contribution in [-0.2, 0) is 0 Å². The summed E-state index contributed by atoms with van der Waals surface area (Å²) in [7, 11) is 0. The zero-order valence-electron chi connectivity index (χ0n) is 31.9. The number of nitrogens with zero attached hydrogens (tertiary/aromatic N) is 7. The maximum absolute atomic E-state index is 6.92. The van der Waals surface area contributed by atoms with Crippen molar-refractivity contribution < 1.29 is 4.42 Å². The summed E-state index contributed by atoms with van der Waals surface area (Å²) in [6.45, 7) is 0. The predicted molar refractivity (Wildman–Crippen MR) is 241 cm³/mol. The molecule has 5 heterocycles. The molecule has 0 bridgehead atoms. The fourth-order valence-electron chi connectivity index (χ4n) is 9.07. The molecule has 0 fully saturated rings. The maximum Gasteiger partial charge on any atom is 0.220 e. The van der Waals surface area contributed by atoms with Crippen LogP contribution >= 0.6 is 0 Å². The van der Waals surface area contributed by atoms with Crippen molar-refractivity contribution >= 4 is 71.6 Å². The Labute approximate surface area is 341 Å². The lowest BCUT2D eigenvalue weighted by Crippen LogP contribution is -2.00. The van der Waals surface area contributed by atoms with Gasteiger partial charge in [0.15, 0.2) is 23.1 Å². The zero-order valence-corrected chi connectivity index (χ0v) is 31.9. The first-order valence-electron chi connectivity index (χ1n) is 20.0. The third kappa shape index (κ3) is 4.73. The highest BCUT2D eigenvalue weighted by Gasteiger charge is 2.23. The molecule has 0 aliphatic rings. The van der Waals surface area contributed by atoms with Gasteiger partial charge in [-0.1, -0.05) is 121 Å². The van der Waals surface area contributed by atoms with Crippen LogP contribution in [0.25, 0.3) is 117 Å². The van der Waals surface area contributed by atoms with Gasteiger partial charge >= 0.3 is 0 Å². The van der Waals surface area contributed by atoms with E-state index in [-0.39, 0.29) is 0 Å². The third-order valence-electron chi connectivity index (χ3n) is 11.7. The molecule has 0 N–H and O–H groups in total. The van der Waals surface area contributed by atoms with Crippen molar-refractivity contribution in [2.75, 3.05) is 0 Å². The Morgan fingerprint density at radius 1 is 0.367 bits per heavy atom. The van der Waals surface area contributed by atoms with E-state index in [1.807, 2.05) is 66.7 Å². The van der Waals surface area contributed by atoms with Gasteiger partial charge < -0.3 is 8.98 Å². The number of hydrogen-bond acceptors (Lipinski definition) is 5. The number of aromatic nitrogens is 7. The van der Waals surface area contributed by atoms with Gasteiger partial charge in [0.25, 0.3) is 0 Å². The Morgan fingerprint density at radius 3 is 1.72 bits per heavy atom. The Morgan fingerprint density at radius 2 is 0.950 bits per heavy atom. The minimum Gasteiger partial charge on any atom is -0.454 e. The number of hydrogen-bond donors (Lipinski definition) is 0. The lowest BCUT2D eigenvalue weighted by atomic mass is 10.1. The molecule has 0 atom stereocenters. The largest absolute Gasteiger partial charge is 0.454 e. The first kappa shape index (κ1) is 32.7. The molecule has 0 saturated carbocycles. The van der Waals surface area contributed by atoms with E-state index >= 15 is 0 Å². The van der Waals surface area contributed by atoms with Gasteiger partial charge in [-0.2, -0.15) is 0 Å². The summed E-state index contributed by atoms with van der Waals surface area (Å²) in [6, 6.07) is 64.8. The van der Waals surface area contributed by atoms with Crippen molar-refractivity contribution in [3.8, 4) is 45.5 Å². The molecule has 0 aliphatic carbocycles. The molecular weight excluding hydrogens is 739 g/mol. The van der Waals surface area contributed by atoms with Gasteiger partial charge in [0.2, 0.25) is 5.78 Å². The van der Waals surface area contributed by atoms with Crippen LogP contribution in [0.15, 0.2) is 192 Å². The van der Waals surface area contributed by atoms with Crippen molar-refractivity contribution in [3.05, 3.63) is 188 Å². The van der Waals surface area contributed by atoms with Gasteiger partial charge in [0.05, 0.1) is 49.9 Å². The first-order chi connectivity index (χ1) is 29.8. The van der Waals surface area contributed by atoms with E-state index in [2.05, 4.69) is 135 Å². The topological polar surface area (TPSA) is 79.0 Å². The average molecular weight is 770 g/mol. The Hall–Kier alpha value is -8.36. The number of fused-ring (bicyclic) bond motifs is 11. The van der Waals surface area contributed by atoms with Crippen LogP contribution in [0.5, 0.6) is 0 Å². The molecule has 5 aromatic heterocycles. The van der Waals surface area contributed by atoms with E-state index in [9.17, 15) is 0 Å². The standard InChI is InChI=1S/C52H31N7O/c1-3-15-32(16-4-1)49-54-50(33-17-5-2-6-18-33)56-51(55-49)34-29-30-40-37(31-34)35-19-7-9-22-39(35)57(40)44-26-14-28-46-47(44)36-20-13-27-45(48(36)60-46)59-43-25-12-11-24-42(43)58-41-23-10-8-21-38(41)53-52(58)59/h1-31H. The van der Waals surface area contributed by atoms with Crippen molar-refractivity contribution in [2.24, 2.45) is 0 Å². The second kappa shape index (κ2) is 12.6. The molecule has 0 saturated heterocycles. The zero-order chi connectivity index (χ0) is 39.3. The number of furan rings is 1. The summed E-state index contributed by atoms with van der Waals surface area (Å²) in [4.78, 5) is 20.2. The predicted octanol–water partition coefficient (Wildman–Crippen LogP) is 12.6. The fraction of sp³-hybridized carbons (Fsp3) is 0. The van der Waals surface area contributed by atoms with Gasteiger partial charge in [0.1, 0.15) is 5.58 Å². The van der Waals surface area contributed by atoms with Crippen LogP contribution in [0.4, 0.5) is 0 Å². The lowest BCUT2D eigenvalue weighted by molar-refractivity contribution is 0.666. The molecule has 0 spiro atoms. The summed E-state index contributed by atoms with van der Waals surface area (Å²) in [5.41, 5.74) is 12.7. The lowest BCUT2D eigenvalue weighted by Gasteiger charge is -2.11. The molecule has 280 valence electrons. The first-order valence-corrected chi connectivity index (χ1v) is 20.0. The van der Waals surface area contributed by atoms with Crippen molar-refractivity contribution in [1.82, 2.24) is 33.5 Å². The maximum atomic E-state index is 6.92. The molecule has 8 heteroatoms. The second-order valence-corrected chi connectivity index (χ2v) is 15.1. The minimum atomic E-state index is 0.619. The molecule has 0 aliphatic heterocycles. The highest BCUT2D eigenvalue weighted by Crippen LogP contribution is 2.42. The van der Waals surface area contributed by atoms with Crippen LogP contribution in [-0.4, -0.2) is 33.5 Å². The molecule has 8 aromatic carbocycles. The van der Waals surface area contributed by atoms with E-state index in [1.54, 1.807) is 0 Å². The molecule has 0 amide bonds. The smallest absolute Gasteiger partial charge is 0.220 e. The van der Waals surface area contributed by atoms with Gasteiger partial charge in [0, 0.05) is 32.8 Å². The molecule has 8 nitrogen and oxygen atoms in total. The van der Waals surface area contributed by atoms with Crippen LogP contribution < -0.4 is 0 Å². The van der Waals surface area contributed by atoms with E-state index in [0.29, 0.717) is 17.5 Å². The molecule has 60 heavy (non-hydrogen) atoms. The van der Waals surface area contributed by atoms with Gasteiger partial charge in [-0.3, -0.25) is 8.97 Å². The quantitative estimate of drug-likeness (QED) is 0.174. The Balaban J connectivity index is 1.03. The summed E-state index contributed by atoms with van der Waals surface area (Å²) in [6.07, 6.45) is 0. The van der Waals surface area contributed by atoms with Crippen LogP contribution in [0.1, 0.15) is 0 Å². The number of benzene rings is 8. The molecule has 0 radical (unpaired) electrons. The highest BCUT2D eigenvalue weighted by molar-refractivity contribution is 6.16. The van der Waals surface area contributed by atoms with Gasteiger partial charge in [-0.25, -0.2) is 19.9 Å². The molecular formula is C52H31N7O. The Bertz CT molecular complexity index is 3780. The molecule has 13 rings (SSSR count). The number of rotatable bonds is 5. The third-order valence-corrected chi connectivity index (χ3v) is 11.7. The van der Waals surface area contributed by atoms with E-state index in [0.717, 1.165) is 99.7 Å². The number of imidazole rings is 2. The van der Waals surface area contributed by atoms with Gasteiger partial charge in [-0.05, 0) is 66.7 Å². The normalized spacial score (nSPS) is 12.0. The minimum absolute atomic E-state index is 0.619. The van der Waals surface area contributed by atoms with Crippen molar-refractivity contribution in [1.29, 1.82) is 0 Å². The summed E-state index contributed by atoms with van der Waals surface area (Å²) in [5.74, 6) is 2.73. The molecule has 13 aromatic rings. The summed E-state index contributed by atoms with van der Waals surface area (Å²) >= 11 is 0. The SMILES string of the molecule is c1ccc(-c2nc(-c3ccccc3)nc(-c3ccc4c(c3)c3ccccc3n4-c3cccc4oc5c(-n6c7ccccc7n7c8ccccc8nc67)cccc5c34)n2)cc1. The van der Waals surface area contributed by atoms with Crippen LogP contribution in [0.2, 0.25) is 0 Å². The Kier molecular flexibility index (Phi) is 6.85. The monoisotopic (exact) mass is 769 g/mol. The van der Waals surface area contributed by atoms with E-state index in [4.69, 9.17) is 24.4 Å². The fourth-order valence-corrected chi connectivity index (χ4v) is 9.07. The second-order valence-electron chi connectivity index (χ2n) is 15.1. The number of para-hydroxylation sites is 6. The van der Waals surface area contributed by atoms with E-state index in [1.165, 1.54) is 0 Å². The summed E-state index contributed by atoms with van der Waals surface area (Å²) in [5, 5.41) is 4.30.